The molecule has 3 unspecified atom stereocenters. The SMILES string of the molecule is CC(=O)N1CCCCC1c1cnc(-c2cc3cnc(Nc4ccc(CC5CCC(C)C5)cc4)nc3n(C(C)C)c2=O)c(Cl)c1. The Hall–Kier alpha value is -3.78. The molecule has 1 N–H and O–H groups in total. The fourth-order valence-corrected chi connectivity index (χ4v) is 7.29. The summed E-state index contributed by atoms with van der Waals surface area (Å²) in [5.74, 6) is 2.09. The van der Waals surface area contributed by atoms with Crippen LogP contribution in [0.15, 0.2) is 53.6 Å². The monoisotopic (exact) mass is 612 g/mol. The average molecular weight is 613 g/mol. The third kappa shape index (κ3) is 6.23. The molecule has 230 valence electrons. The Bertz CT molecular complexity index is 1730. The lowest BCUT2D eigenvalue weighted by Gasteiger charge is -2.35. The molecule has 3 atom stereocenters. The molecule has 1 aromatic carbocycles. The molecule has 6 rings (SSSR count). The Morgan fingerprint density at radius 3 is 2.55 bits per heavy atom. The van der Waals surface area contributed by atoms with Crippen molar-refractivity contribution in [1.29, 1.82) is 0 Å². The van der Waals surface area contributed by atoms with Gasteiger partial charge in [-0.15, -0.1) is 0 Å². The molecule has 1 saturated carbocycles. The van der Waals surface area contributed by atoms with Gasteiger partial charge in [0, 0.05) is 43.0 Å². The maximum absolute atomic E-state index is 13.9. The summed E-state index contributed by atoms with van der Waals surface area (Å²) in [6.45, 7) is 8.59. The lowest BCUT2D eigenvalue weighted by atomic mass is 9.96. The fourth-order valence-electron chi connectivity index (χ4n) is 7.01. The van der Waals surface area contributed by atoms with Crippen LogP contribution in [0.4, 0.5) is 11.6 Å². The molecule has 8 nitrogen and oxygen atoms in total. The number of fused-ring (bicyclic) bond motifs is 1. The number of hydrogen-bond acceptors (Lipinski definition) is 6. The molecule has 4 heterocycles. The average Bonchev–Trinajstić information content (AvgIpc) is 3.42. The van der Waals surface area contributed by atoms with Gasteiger partial charge < -0.3 is 10.2 Å². The number of nitrogens with one attached hydrogen (secondary N) is 1. The van der Waals surface area contributed by atoms with Gasteiger partial charge in [-0.2, -0.15) is 4.98 Å². The normalized spacial score (nSPS) is 20.4. The summed E-state index contributed by atoms with van der Waals surface area (Å²) in [5.41, 5.74) is 4.28. The van der Waals surface area contributed by atoms with E-state index in [1.807, 2.05) is 24.8 Å². The molecule has 0 bridgehead atoms. The summed E-state index contributed by atoms with van der Waals surface area (Å²) < 4.78 is 1.67. The molecule has 1 amide bonds. The number of carbonyl (C=O) groups excluding carboxylic acids is 1. The van der Waals surface area contributed by atoms with E-state index in [4.69, 9.17) is 16.6 Å². The van der Waals surface area contributed by atoms with Gasteiger partial charge in [0.25, 0.3) is 5.56 Å². The fraction of sp³-hybridized carbons (Fsp3) is 0.457. The highest BCUT2D eigenvalue weighted by Crippen LogP contribution is 2.35. The zero-order valence-electron chi connectivity index (χ0n) is 26.0. The van der Waals surface area contributed by atoms with Gasteiger partial charge in [-0.05, 0) is 99.6 Å². The molecule has 1 saturated heterocycles. The van der Waals surface area contributed by atoms with Crippen molar-refractivity contribution >= 4 is 40.2 Å². The topological polar surface area (TPSA) is 93.0 Å². The van der Waals surface area contributed by atoms with Crippen LogP contribution in [0.5, 0.6) is 0 Å². The molecule has 0 spiro atoms. The summed E-state index contributed by atoms with van der Waals surface area (Å²) in [4.78, 5) is 42.0. The van der Waals surface area contributed by atoms with Crippen molar-refractivity contribution in [2.24, 2.45) is 11.8 Å². The third-order valence-electron chi connectivity index (χ3n) is 9.24. The molecule has 44 heavy (non-hydrogen) atoms. The second-order valence-electron chi connectivity index (χ2n) is 12.9. The van der Waals surface area contributed by atoms with Crippen molar-refractivity contribution in [1.82, 2.24) is 24.4 Å². The minimum absolute atomic E-state index is 0.0455. The molecule has 1 aliphatic heterocycles. The predicted molar refractivity (Wildman–Crippen MR) is 176 cm³/mol. The zero-order valence-corrected chi connectivity index (χ0v) is 26.8. The van der Waals surface area contributed by atoms with Gasteiger partial charge in [-0.1, -0.05) is 37.1 Å². The third-order valence-corrected chi connectivity index (χ3v) is 9.53. The Balaban J connectivity index is 1.28. The van der Waals surface area contributed by atoms with Crippen LogP contribution in [0.1, 0.15) is 89.4 Å². The first-order valence-electron chi connectivity index (χ1n) is 15.9. The first-order chi connectivity index (χ1) is 21.2. The van der Waals surface area contributed by atoms with Crippen LogP contribution in [0.2, 0.25) is 5.02 Å². The molecular formula is C35H41ClN6O2. The summed E-state index contributed by atoms with van der Waals surface area (Å²) in [6, 6.07) is 11.9. The van der Waals surface area contributed by atoms with Gasteiger partial charge in [-0.25, -0.2) is 4.98 Å². The molecule has 4 aromatic rings. The maximum Gasteiger partial charge on any atom is 0.261 e. The summed E-state index contributed by atoms with van der Waals surface area (Å²) >= 11 is 6.79. The number of likely N-dealkylation sites (tertiary alicyclic amines) is 1. The first-order valence-corrected chi connectivity index (χ1v) is 16.3. The van der Waals surface area contributed by atoms with Crippen LogP contribution < -0.4 is 10.9 Å². The summed E-state index contributed by atoms with van der Waals surface area (Å²) in [5, 5.41) is 4.42. The number of hydrogen-bond donors (Lipinski definition) is 1. The Morgan fingerprint density at radius 2 is 1.86 bits per heavy atom. The number of carbonyl (C=O) groups is 1. The molecule has 2 aliphatic rings. The van der Waals surface area contributed by atoms with Gasteiger partial charge in [-0.3, -0.25) is 19.1 Å². The minimum atomic E-state index is -0.215. The van der Waals surface area contributed by atoms with E-state index in [9.17, 15) is 9.59 Å². The zero-order chi connectivity index (χ0) is 31.0. The first kappa shape index (κ1) is 30.3. The highest BCUT2D eigenvalue weighted by molar-refractivity contribution is 6.33. The number of benzene rings is 1. The molecule has 2 fully saturated rings. The number of amides is 1. The van der Waals surface area contributed by atoms with Gasteiger partial charge >= 0.3 is 0 Å². The van der Waals surface area contributed by atoms with Crippen LogP contribution in [-0.4, -0.2) is 36.9 Å². The van der Waals surface area contributed by atoms with E-state index in [-0.39, 0.29) is 23.6 Å². The molecule has 1 aliphatic carbocycles. The quantitative estimate of drug-likeness (QED) is 0.228. The minimum Gasteiger partial charge on any atom is -0.336 e. The number of nitrogens with zero attached hydrogens (tertiary/aromatic N) is 5. The lowest BCUT2D eigenvalue weighted by molar-refractivity contribution is -0.132. The van der Waals surface area contributed by atoms with Crippen molar-refractivity contribution < 1.29 is 4.79 Å². The van der Waals surface area contributed by atoms with E-state index in [0.717, 1.165) is 60.7 Å². The number of rotatable bonds is 7. The van der Waals surface area contributed by atoms with E-state index in [1.54, 1.807) is 30.0 Å². The van der Waals surface area contributed by atoms with Crippen LogP contribution in [0.3, 0.4) is 0 Å². The van der Waals surface area contributed by atoms with Gasteiger partial charge in [0.15, 0.2) is 0 Å². The van der Waals surface area contributed by atoms with Crippen molar-refractivity contribution in [3.63, 3.8) is 0 Å². The van der Waals surface area contributed by atoms with Crippen LogP contribution in [0.25, 0.3) is 22.3 Å². The van der Waals surface area contributed by atoms with E-state index >= 15 is 0 Å². The molecule has 0 radical (unpaired) electrons. The molecule has 3 aromatic heterocycles. The Labute approximate surface area is 263 Å². The Morgan fingerprint density at radius 1 is 1.07 bits per heavy atom. The van der Waals surface area contributed by atoms with E-state index in [2.05, 4.69) is 46.5 Å². The largest absolute Gasteiger partial charge is 0.336 e. The highest BCUT2D eigenvalue weighted by atomic mass is 35.5. The van der Waals surface area contributed by atoms with Gasteiger partial charge in [0.1, 0.15) is 5.65 Å². The predicted octanol–water partition coefficient (Wildman–Crippen LogP) is 7.88. The van der Waals surface area contributed by atoms with Crippen molar-refractivity contribution in [3.05, 3.63) is 75.3 Å². The standard InChI is InChI=1S/C35H41ClN6O2/c1-21(2)42-33-27(20-38-35(40-33)39-28-12-10-24(11-13-28)16-25-9-8-22(3)15-25)17-29(34(42)44)32-30(36)18-26(19-37-32)31-7-5-6-14-41(31)23(4)43/h10-13,17-22,25,31H,5-9,14-16H2,1-4H3,(H,38,39,40). The van der Waals surface area contributed by atoms with E-state index < -0.39 is 0 Å². The lowest BCUT2D eigenvalue weighted by Crippen LogP contribution is -2.37. The number of anilines is 2. The number of aromatic nitrogens is 4. The van der Waals surface area contributed by atoms with Crippen molar-refractivity contribution in [2.75, 3.05) is 11.9 Å². The van der Waals surface area contributed by atoms with Crippen LogP contribution in [-0.2, 0) is 11.2 Å². The number of halogens is 1. The summed E-state index contributed by atoms with van der Waals surface area (Å²) in [6.07, 6.45) is 11.5. The molecular weight excluding hydrogens is 572 g/mol. The van der Waals surface area contributed by atoms with Crippen LogP contribution >= 0.6 is 11.6 Å². The molecule has 9 heteroatoms. The van der Waals surface area contributed by atoms with E-state index in [0.29, 0.717) is 27.9 Å². The highest BCUT2D eigenvalue weighted by Gasteiger charge is 2.27. The summed E-state index contributed by atoms with van der Waals surface area (Å²) in [7, 11) is 0. The smallest absolute Gasteiger partial charge is 0.261 e. The van der Waals surface area contributed by atoms with E-state index in [1.165, 1.54) is 24.8 Å². The number of piperidine rings is 1. The van der Waals surface area contributed by atoms with Crippen LogP contribution in [0, 0.1) is 11.8 Å². The van der Waals surface area contributed by atoms with Crippen molar-refractivity contribution in [2.45, 2.75) is 84.7 Å². The van der Waals surface area contributed by atoms with Crippen molar-refractivity contribution in [3.8, 4) is 11.3 Å². The number of pyridine rings is 2. The second-order valence-corrected chi connectivity index (χ2v) is 13.3. The maximum atomic E-state index is 13.9. The Kier molecular flexibility index (Phi) is 8.72. The van der Waals surface area contributed by atoms with Gasteiger partial charge in [0.05, 0.1) is 22.3 Å². The van der Waals surface area contributed by atoms with Gasteiger partial charge in [0.2, 0.25) is 11.9 Å². The second kappa shape index (κ2) is 12.7.